The third-order valence-electron chi connectivity index (χ3n) is 2.45. The lowest BCUT2D eigenvalue weighted by Gasteiger charge is -2.21. The molecule has 0 fully saturated rings. The Morgan fingerprint density at radius 2 is 2.11 bits per heavy atom. The van der Waals surface area contributed by atoms with Crippen LogP contribution in [0.1, 0.15) is 25.6 Å². The Bertz CT molecular complexity index is 497. The molecule has 1 heterocycles. The van der Waals surface area contributed by atoms with Gasteiger partial charge in [-0.05, 0) is 27.9 Å². The van der Waals surface area contributed by atoms with E-state index in [0.29, 0.717) is 34.2 Å². The fourth-order valence-electron chi connectivity index (χ4n) is 1.62. The van der Waals surface area contributed by atoms with E-state index < -0.39 is 10.0 Å². The molecule has 104 valence electrons. The second-order valence-corrected chi connectivity index (χ2v) is 8.77. The van der Waals surface area contributed by atoms with Crippen LogP contribution in [0.2, 0.25) is 0 Å². The molecule has 0 spiro atoms. The molecule has 0 atom stereocenters. The van der Waals surface area contributed by atoms with Crippen molar-refractivity contribution in [1.29, 1.82) is 0 Å². The number of hydrogen-bond donors (Lipinski definition) is 1. The third-order valence-corrected chi connectivity index (χ3v) is 6.66. The fourth-order valence-corrected chi connectivity index (χ4v) is 5.74. The monoisotopic (exact) mass is 354 g/mol. The fraction of sp³-hybridized carbons (Fsp3) is 0.636. The molecule has 0 saturated carbocycles. The minimum atomic E-state index is -3.42. The van der Waals surface area contributed by atoms with Gasteiger partial charge in [-0.3, -0.25) is 0 Å². The van der Waals surface area contributed by atoms with Crippen molar-refractivity contribution >= 4 is 37.3 Å². The predicted molar refractivity (Wildman–Crippen MR) is 79.2 cm³/mol. The summed E-state index contributed by atoms with van der Waals surface area (Å²) in [5.41, 5.74) is 5.55. The van der Waals surface area contributed by atoms with Gasteiger partial charge in [0.05, 0.1) is 3.79 Å². The van der Waals surface area contributed by atoms with E-state index in [0.717, 1.165) is 4.88 Å². The topological polar surface area (TPSA) is 63.4 Å². The zero-order chi connectivity index (χ0) is 13.9. The number of hydrogen-bond acceptors (Lipinski definition) is 4. The Balaban J connectivity index is 3.14. The molecule has 1 aromatic heterocycles. The lowest BCUT2D eigenvalue weighted by molar-refractivity contribution is 0.381. The van der Waals surface area contributed by atoms with Gasteiger partial charge in [0, 0.05) is 24.5 Å². The SMILES string of the molecule is CCN(CC(C)C)S(=O)(=O)c1cc(CN)sc1Br. The van der Waals surface area contributed by atoms with Crippen molar-refractivity contribution in [3.63, 3.8) is 0 Å². The molecule has 0 amide bonds. The number of rotatable bonds is 6. The molecule has 18 heavy (non-hydrogen) atoms. The number of sulfonamides is 1. The highest BCUT2D eigenvalue weighted by Crippen LogP contribution is 2.33. The average Bonchev–Trinajstić information content (AvgIpc) is 2.67. The summed E-state index contributed by atoms with van der Waals surface area (Å²) in [6.07, 6.45) is 0. The summed E-state index contributed by atoms with van der Waals surface area (Å²) in [5.74, 6) is 0.297. The van der Waals surface area contributed by atoms with Crippen LogP contribution in [0.3, 0.4) is 0 Å². The molecule has 0 radical (unpaired) electrons. The van der Waals surface area contributed by atoms with Crippen molar-refractivity contribution in [3.8, 4) is 0 Å². The van der Waals surface area contributed by atoms with Crippen LogP contribution in [0.4, 0.5) is 0 Å². The molecular weight excluding hydrogens is 336 g/mol. The van der Waals surface area contributed by atoms with E-state index in [4.69, 9.17) is 5.73 Å². The summed E-state index contributed by atoms with van der Waals surface area (Å²) >= 11 is 4.69. The van der Waals surface area contributed by atoms with Gasteiger partial charge in [-0.1, -0.05) is 20.8 Å². The number of thiophene rings is 1. The first-order valence-corrected chi connectivity index (χ1v) is 8.86. The number of nitrogens with two attached hydrogens (primary N) is 1. The van der Waals surface area contributed by atoms with Crippen molar-refractivity contribution in [1.82, 2.24) is 4.31 Å². The Morgan fingerprint density at radius 1 is 1.50 bits per heavy atom. The van der Waals surface area contributed by atoms with E-state index in [-0.39, 0.29) is 0 Å². The lowest BCUT2D eigenvalue weighted by atomic mass is 10.2. The van der Waals surface area contributed by atoms with Gasteiger partial charge in [-0.2, -0.15) is 4.31 Å². The molecule has 0 unspecified atom stereocenters. The summed E-state index contributed by atoms with van der Waals surface area (Å²) in [5, 5.41) is 0. The highest BCUT2D eigenvalue weighted by molar-refractivity contribution is 9.11. The van der Waals surface area contributed by atoms with Crippen molar-refractivity contribution in [3.05, 3.63) is 14.7 Å². The lowest BCUT2D eigenvalue weighted by Crippen LogP contribution is -2.34. The normalized spacial score (nSPS) is 12.6. The summed E-state index contributed by atoms with van der Waals surface area (Å²) in [4.78, 5) is 1.19. The summed E-state index contributed by atoms with van der Waals surface area (Å²) in [6, 6.07) is 1.66. The molecule has 0 aliphatic heterocycles. The molecule has 1 aromatic rings. The first-order valence-electron chi connectivity index (χ1n) is 5.81. The van der Waals surface area contributed by atoms with E-state index in [1.807, 2.05) is 20.8 Å². The molecule has 0 aliphatic rings. The van der Waals surface area contributed by atoms with Gasteiger partial charge in [0.1, 0.15) is 4.90 Å². The number of nitrogens with zero attached hydrogens (tertiary/aromatic N) is 1. The maximum Gasteiger partial charge on any atom is 0.245 e. The Hall–Kier alpha value is 0.0500. The Kier molecular flexibility index (Phi) is 5.79. The minimum Gasteiger partial charge on any atom is -0.326 e. The molecule has 4 nitrogen and oxygen atoms in total. The van der Waals surface area contributed by atoms with Gasteiger partial charge in [0.25, 0.3) is 0 Å². The van der Waals surface area contributed by atoms with Crippen LogP contribution in [0, 0.1) is 5.92 Å². The molecule has 0 aromatic carbocycles. The van der Waals surface area contributed by atoms with Crippen LogP contribution in [-0.4, -0.2) is 25.8 Å². The first kappa shape index (κ1) is 16.1. The maximum absolute atomic E-state index is 12.5. The zero-order valence-electron chi connectivity index (χ0n) is 10.8. The second kappa shape index (κ2) is 6.47. The maximum atomic E-state index is 12.5. The van der Waals surface area contributed by atoms with Crippen molar-refractivity contribution in [2.75, 3.05) is 13.1 Å². The second-order valence-electron chi connectivity index (χ2n) is 4.40. The van der Waals surface area contributed by atoms with Gasteiger partial charge < -0.3 is 5.73 Å². The van der Waals surface area contributed by atoms with Crippen molar-refractivity contribution < 1.29 is 8.42 Å². The van der Waals surface area contributed by atoms with Crippen molar-refractivity contribution in [2.24, 2.45) is 11.7 Å². The molecule has 0 aliphatic carbocycles. The van der Waals surface area contributed by atoms with E-state index in [1.165, 1.54) is 15.6 Å². The van der Waals surface area contributed by atoms with Crippen LogP contribution < -0.4 is 5.73 Å². The van der Waals surface area contributed by atoms with Crippen LogP contribution in [0.5, 0.6) is 0 Å². The van der Waals surface area contributed by atoms with Crippen LogP contribution in [0.25, 0.3) is 0 Å². The summed E-state index contributed by atoms with van der Waals surface area (Å²) in [7, 11) is -3.42. The van der Waals surface area contributed by atoms with Gasteiger partial charge in [-0.25, -0.2) is 8.42 Å². The standard InChI is InChI=1S/C11H19BrN2O2S2/c1-4-14(7-8(2)3)18(15,16)10-5-9(6-13)17-11(10)12/h5,8H,4,6-7,13H2,1-3H3. The Morgan fingerprint density at radius 3 is 2.50 bits per heavy atom. The molecule has 1 rings (SSSR count). The van der Waals surface area contributed by atoms with E-state index in [1.54, 1.807) is 6.07 Å². The molecule has 2 N–H and O–H groups in total. The van der Waals surface area contributed by atoms with Gasteiger partial charge >= 0.3 is 0 Å². The van der Waals surface area contributed by atoms with Crippen LogP contribution >= 0.6 is 27.3 Å². The van der Waals surface area contributed by atoms with Crippen LogP contribution in [-0.2, 0) is 16.6 Å². The quantitative estimate of drug-likeness (QED) is 0.853. The van der Waals surface area contributed by atoms with Crippen molar-refractivity contribution in [2.45, 2.75) is 32.2 Å². The van der Waals surface area contributed by atoms with E-state index >= 15 is 0 Å². The third kappa shape index (κ3) is 3.54. The predicted octanol–water partition coefficient (Wildman–Crippen LogP) is 2.64. The van der Waals surface area contributed by atoms with Crippen LogP contribution in [0.15, 0.2) is 14.7 Å². The molecular formula is C11H19BrN2O2S2. The molecule has 7 heteroatoms. The van der Waals surface area contributed by atoms with Gasteiger partial charge in [0.15, 0.2) is 0 Å². The highest BCUT2D eigenvalue weighted by atomic mass is 79.9. The smallest absolute Gasteiger partial charge is 0.245 e. The molecule has 0 saturated heterocycles. The van der Waals surface area contributed by atoms with Gasteiger partial charge in [-0.15, -0.1) is 11.3 Å². The Labute approximate surface area is 121 Å². The van der Waals surface area contributed by atoms with Gasteiger partial charge in [0.2, 0.25) is 10.0 Å². The van der Waals surface area contributed by atoms with E-state index in [2.05, 4.69) is 15.9 Å². The molecule has 0 bridgehead atoms. The van der Waals surface area contributed by atoms with E-state index in [9.17, 15) is 8.42 Å². The summed E-state index contributed by atoms with van der Waals surface area (Å²) in [6.45, 7) is 7.22. The zero-order valence-corrected chi connectivity index (χ0v) is 14.0. The first-order chi connectivity index (χ1) is 8.32. The summed E-state index contributed by atoms with van der Waals surface area (Å²) < 4.78 is 27.2. The number of halogens is 1. The average molecular weight is 355 g/mol. The minimum absolute atomic E-state index is 0.297. The highest BCUT2D eigenvalue weighted by Gasteiger charge is 2.27. The largest absolute Gasteiger partial charge is 0.326 e.